The number of nitrogens with two attached hydrogens (primary N) is 1. The highest BCUT2D eigenvalue weighted by molar-refractivity contribution is 9.10. The van der Waals surface area contributed by atoms with Crippen molar-refractivity contribution in [2.24, 2.45) is 5.73 Å². The van der Waals surface area contributed by atoms with E-state index in [1.807, 2.05) is 0 Å². The lowest BCUT2D eigenvalue weighted by Gasteiger charge is -2.26. The van der Waals surface area contributed by atoms with Gasteiger partial charge in [-0.25, -0.2) is 8.78 Å². The van der Waals surface area contributed by atoms with E-state index in [0.717, 1.165) is 6.07 Å². The van der Waals surface area contributed by atoms with Gasteiger partial charge in [0, 0.05) is 12.5 Å². The zero-order chi connectivity index (χ0) is 14.5. The Balaban J connectivity index is 2.28. The van der Waals surface area contributed by atoms with Gasteiger partial charge in [0.05, 0.1) is 10.0 Å². The van der Waals surface area contributed by atoms with E-state index >= 15 is 0 Å². The first-order valence-electron chi connectivity index (χ1n) is 6.16. The highest BCUT2D eigenvalue weighted by Crippen LogP contribution is 2.48. The van der Waals surface area contributed by atoms with Crippen LogP contribution in [0.3, 0.4) is 0 Å². The maximum absolute atomic E-state index is 14.3. The van der Waals surface area contributed by atoms with E-state index < -0.39 is 23.3 Å². The van der Waals surface area contributed by atoms with Crippen LogP contribution in [0.4, 0.5) is 8.78 Å². The fourth-order valence-corrected chi connectivity index (χ4v) is 3.21. The molecule has 0 bridgehead atoms. The third kappa shape index (κ3) is 1.81. The summed E-state index contributed by atoms with van der Waals surface area (Å²) in [5.41, 5.74) is 5.06. The average Bonchev–Trinajstić information content (AvgIpc) is 2.68. The van der Waals surface area contributed by atoms with Gasteiger partial charge in [-0.2, -0.15) is 0 Å². The van der Waals surface area contributed by atoms with Gasteiger partial charge in [-0.05, 0) is 39.2 Å². The van der Waals surface area contributed by atoms with Crippen LogP contribution in [-0.2, 0) is 5.60 Å². The molecule has 2 atom stereocenters. The summed E-state index contributed by atoms with van der Waals surface area (Å²) in [5.74, 6) is -1.58. The number of halogens is 3. The number of fused-ring (bicyclic) bond motifs is 1. The van der Waals surface area contributed by atoms with Crippen molar-refractivity contribution in [3.05, 3.63) is 69.2 Å². The summed E-state index contributed by atoms with van der Waals surface area (Å²) < 4.78 is 28.5. The minimum atomic E-state index is -1.74. The molecule has 0 saturated heterocycles. The Morgan fingerprint density at radius 3 is 2.65 bits per heavy atom. The fourth-order valence-electron chi connectivity index (χ4n) is 2.88. The monoisotopic (exact) mass is 339 g/mol. The maximum atomic E-state index is 14.3. The lowest BCUT2D eigenvalue weighted by molar-refractivity contribution is 0.0693. The second-order valence-corrected chi connectivity index (χ2v) is 5.83. The standard InChI is InChI=1S/C15H12BrF2NO/c16-10-5-6-11(17)13(14(10)18)15(20)7-12(19)8-3-1-2-4-9(8)15/h1-6,12,20H,7,19H2. The third-order valence-electron chi connectivity index (χ3n) is 3.78. The second-order valence-electron chi connectivity index (χ2n) is 4.98. The van der Waals surface area contributed by atoms with Gasteiger partial charge in [0.1, 0.15) is 17.2 Å². The van der Waals surface area contributed by atoms with Gasteiger partial charge in [0.25, 0.3) is 0 Å². The average molecular weight is 340 g/mol. The molecule has 3 rings (SSSR count). The Kier molecular flexibility index (Phi) is 3.16. The highest BCUT2D eigenvalue weighted by Gasteiger charge is 2.45. The van der Waals surface area contributed by atoms with Gasteiger partial charge in [-0.3, -0.25) is 0 Å². The van der Waals surface area contributed by atoms with E-state index in [9.17, 15) is 13.9 Å². The Bertz CT molecular complexity index is 692. The molecule has 0 aromatic heterocycles. The van der Waals surface area contributed by atoms with Crippen molar-refractivity contribution in [3.63, 3.8) is 0 Å². The molecule has 0 amide bonds. The zero-order valence-corrected chi connectivity index (χ0v) is 12.0. The Morgan fingerprint density at radius 1 is 1.20 bits per heavy atom. The molecule has 0 fully saturated rings. The normalized spacial score (nSPS) is 24.8. The number of aliphatic hydroxyl groups is 1. The molecule has 2 aromatic rings. The molecule has 0 heterocycles. The van der Waals surface area contributed by atoms with Gasteiger partial charge in [-0.1, -0.05) is 24.3 Å². The van der Waals surface area contributed by atoms with Crippen LogP contribution in [0.2, 0.25) is 0 Å². The van der Waals surface area contributed by atoms with Crippen molar-refractivity contribution >= 4 is 15.9 Å². The number of rotatable bonds is 1. The molecule has 0 aliphatic heterocycles. The summed E-state index contributed by atoms with van der Waals surface area (Å²) >= 11 is 3.02. The van der Waals surface area contributed by atoms with Crippen molar-refractivity contribution in [2.75, 3.05) is 0 Å². The van der Waals surface area contributed by atoms with Gasteiger partial charge in [0.2, 0.25) is 0 Å². The topological polar surface area (TPSA) is 46.2 Å². The molecule has 0 radical (unpaired) electrons. The van der Waals surface area contributed by atoms with E-state index in [4.69, 9.17) is 5.73 Å². The van der Waals surface area contributed by atoms with E-state index in [-0.39, 0.29) is 16.5 Å². The molecule has 5 heteroatoms. The predicted molar refractivity (Wildman–Crippen MR) is 75.0 cm³/mol. The molecular formula is C15H12BrF2NO. The van der Waals surface area contributed by atoms with Crippen LogP contribution >= 0.6 is 15.9 Å². The van der Waals surface area contributed by atoms with Crippen LogP contribution in [0.15, 0.2) is 40.9 Å². The Morgan fingerprint density at radius 2 is 1.90 bits per heavy atom. The minimum absolute atomic E-state index is 0.0522. The Labute approximate surface area is 123 Å². The van der Waals surface area contributed by atoms with Crippen molar-refractivity contribution in [2.45, 2.75) is 18.1 Å². The lowest BCUT2D eigenvalue weighted by atomic mass is 9.87. The van der Waals surface area contributed by atoms with Crippen LogP contribution in [0.5, 0.6) is 0 Å². The van der Waals surface area contributed by atoms with Crippen LogP contribution in [0.25, 0.3) is 0 Å². The highest BCUT2D eigenvalue weighted by atomic mass is 79.9. The summed E-state index contributed by atoms with van der Waals surface area (Å²) in [6.07, 6.45) is 0.0522. The van der Waals surface area contributed by atoms with Crippen LogP contribution in [0, 0.1) is 11.6 Å². The van der Waals surface area contributed by atoms with Crippen LogP contribution in [0.1, 0.15) is 29.2 Å². The van der Waals surface area contributed by atoms with Gasteiger partial charge in [0.15, 0.2) is 0 Å². The lowest BCUT2D eigenvalue weighted by Crippen LogP contribution is -2.28. The van der Waals surface area contributed by atoms with Gasteiger partial charge in [-0.15, -0.1) is 0 Å². The molecule has 0 spiro atoms. The van der Waals surface area contributed by atoms with Crippen molar-refractivity contribution in [3.8, 4) is 0 Å². The predicted octanol–water partition coefficient (Wildman–Crippen LogP) is 3.37. The second kappa shape index (κ2) is 4.62. The molecule has 1 aliphatic rings. The Hall–Kier alpha value is -1.30. The first kappa shape index (κ1) is 13.7. The first-order chi connectivity index (χ1) is 9.45. The van der Waals surface area contributed by atoms with Crippen molar-refractivity contribution < 1.29 is 13.9 Å². The molecule has 0 saturated carbocycles. The van der Waals surface area contributed by atoms with Crippen molar-refractivity contribution in [1.82, 2.24) is 0 Å². The molecule has 104 valence electrons. The van der Waals surface area contributed by atoms with Gasteiger partial charge >= 0.3 is 0 Å². The fraction of sp³-hybridized carbons (Fsp3) is 0.200. The van der Waals surface area contributed by atoms with E-state index in [1.165, 1.54) is 6.07 Å². The molecule has 2 nitrogen and oxygen atoms in total. The van der Waals surface area contributed by atoms with E-state index in [2.05, 4.69) is 15.9 Å². The minimum Gasteiger partial charge on any atom is -0.380 e. The SMILES string of the molecule is NC1CC(O)(c2c(F)ccc(Br)c2F)c2ccccc21. The summed E-state index contributed by atoms with van der Waals surface area (Å²) in [5, 5.41) is 10.9. The first-order valence-corrected chi connectivity index (χ1v) is 6.96. The number of hydrogen-bond donors (Lipinski definition) is 2. The maximum Gasteiger partial charge on any atom is 0.146 e. The van der Waals surface area contributed by atoms with Gasteiger partial charge < -0.3 is 10.8 Å². The summed E-state index contributed by atoms with van der Waals surface area (Å²) in [4.78, 5) is 0. The number of benzene rings is 2. The quantitative estimate of drug-likeness (QED) is 0.782. The third-order valence-corrected chi connectivity index (χ3v) is 4.39. The van der Waals surface area contributed by atoms with Crippen LogP contribution < -0.4 is 5.73 Å². The molecule has 2 aromatic carbocycles. The molecule has 2 unspecified atom stereocenters. The summed E-state index contributed by atoms with van der Waals surface area (Å²) in [6, 6.07) is 8.89. The molecule has 20 heavy (non-hydrogen) atoms. The summed E-state index contributed by atoms with van der Waals surface area (Å²) in [7, 11) is 0. The van der Waals surface area contributed by atoms with E-state index in [1.54, 1.807) is 24.3 Å². The van der Waals surface area contributed by atoms with E-state index in [0.29, 0.717) is 11.1 Å². The summed E-state index contributed by atoms with van der Waals surface area (Å²) in [6.45, 7) is 0. The zero-order valence-electron chi connectivity index (χ0n) is 10.4. The van der Waals surface area contributed by atoms with Crippen LogP contribution in [-0.4, -0.2) is 5.11 Å². The molecule has 3 N–H and O–H groups in total. The number of hydrogen-bond acceptors (Lipinski definition) is 2. The molecular weight excluding hydrogens is 328 g/mol. The van der Waals surface area contributed by atoms with Crippen molar-refractivity contribution in [1.29, 1.82) is 0 Å². The largest absolute Gasteiger partial charge is 0.380 e. The smallest absolute Gasteiger partial charge is 0.146 e. The molecule has 1 aliphatic carbocycles.